The molecule has 0 saturated carbocycles. The van der Waals surface area contributed by atoms with Crippen molar-refractivity contribution in [1.29, 1.82) is 0 Å². The number of benzene rings is 1. The lowest BCUT2D eigenvalue weighted by molar-refractivity contribution is -0.127. The molecule has 1 aliphatic heterocycles. The summed E-state index contributed by atoms with van der Waals surface area (Å²) in [7, 11) is 0. The first-order chi connectivity index (χ1) is 12.1. The first-order valence-electron chi connectivity index (χ1n) is 8.74. The van der Waals surface area contributed by atoms with E-state index in [-0.39, 0.29) is 11.9 Å². The molecular formula is C18H24N6O. The highest BCUT2D eigenvalue weighted by atomic mass is 16.2. The summed E-state index contributed by atoms with van der Waals surface area (Å²) in [5.74, 6) is 0.568. The topological polar surface area (TPSA) is 75.9 Å². The van der Waals surface area contributed by atoms with Crippen LogP contribution >= 0.6 is 0 Å². The molecule has 1 atom stereocenters. The Balaban J connectivity index is 2.11. The number of rotatable bonds is 5. The lowest BCUT2D eigenvalue weighted by Gasteiger charge is -2.31. The summed E-state index contributed by atoms with van der Waals surface area (Å²) in [5.41, 5.74) is 3.74. The van der Waals surface area contributed by atoms with Crippen molar-refractivity contribution in [3.05, 3.63) is 46.7 Å². The molecule has 0 aliphatic carbocycles. The van der Waals surface area contributed by atoms with Crippen LogP contribution in [0.15, 0.2) is 35.5 Å². The van der Waals surface area contributed by atoms with Gasteiger partial charge >= 0.3 is 0 Å². The largest absolute Gasteiger partial charge is 0.339 e. The van der Waals surface area contributed by atoms with Gasteiger partial charge in [-0.1, -0.05) is 36.3 Å². The average Bonchev–Trinajstić information content (AvgIpc) is 3.09. The number of anilines is 1. The Bertz CT molecular complexity index is 788. The number of aryl methyl sites for hydroxylation is 1. The minimum atomic E-state index is -0.328. The van der Waals surface area contributed by atoms with Crippen LogP contribution in [0, 0.1) is 0 Å². The predicted molar refractivity (Wildman–Crippen MR) is 96.0 cm³/mol. The summed E-state index contributed by atoms with van der Waals surface area (Å²) < 4.78 is 1.69. The van der Waals surface area contributed by atoms with Gasteiger partial charge in [0.2, 0.25) is 5.95 Å². The van der Waals surface area contributed by atoms with Crippen molar-refractivity contribution in [1.82, 2.24) is 25.1 Å². The molecular weight excluding hydrogens is 316 g/mol. The van der Waals surface area contributed by atoms with Gasteiger partial charge in [0.05, 0.1) is 5.57 Å². The number of amides is 1. The molecule has 7 heteroatoms. The second-order valence-corrected chi connectivity index (χ2v) is 6.09. The maximum Gasteiger partial charge on any atom is 0.254 e. The summed E-state index contributed by atoms with van der Waals surface area (Å²) >= 11 is 0. The monoisotopic (exact) mass is 340 g/mol. The number of fused-ring (bicyclic) bond motifs is 1. The lowest BCUT2D eigenvalue weighted by Crippen LogP contribution is -2.38. The van der Waals surface area contributed by atoms with Crippen molar-refractivity contribution in [3.63, 3.8) is 0 Å². The van der Waals surface area contributed by atoms with Crippen LogP contribution in [0.3, 0.4) is 0 Å². The number of carbonyl (C=O) groups excluding carboxylic acids is 1. The molecule has 25 heavy (non-hydrogen) atoms. The van der Waals surface area contributed by atoms with Gasteiger partial charge < -0.3 is 10.2 Å². The summed E-state index contributed by atoms with van der Waals surface area (Å²) in [6, 6.07) is 7.98. The summed E-state index contributed by atoms with van der Waals surface area (Å²) in [4.78, 5) is 15.0. The van der Waals surface area contributed by atoms with E-state index in [1.807, 2.05) is 25.7 Å². The van der Waals surface area contributed by atoms with Crippen LogP contribution in [0.1, 0.15) is 44.9 Å². The summed E-state index contributed by atoms with van der Waals surface area (Å²) in [5, 5.41) is 15.1. The van der Waals surface area contributed by atoms with Crippen molar-refractivity contribution < 1.29 is 4.79 Å². The van der Waals surface area contributed by atoms with Crippen LogP contribution in [0.4, 0.5) is 5.95 Å². The van der Waals surface area contributed by atoms with Crippen molar-refractivity contribution in [3.8, 4) is 0 Å². The van der Waals surface area contributed by atoms with Crippen LogP contribution in [-0.4, -0.2) is 44.1 Å². The fourth-order valence-corrected chi connectivity index (χ4v) is 3.21. The molecule has 1 aromatic heterocycles. The van der Waals surface area contributed by atoms with E-state index >= 15 is 0 Å². The second-order valence-electron chi connectivity index (χ2n) is 6.09. The zero-order chi connectivity index (χ0) is 18.0. The zero-order valence-electron chi connectivity index (χ0n) is 15.2. The molecule has 3 rings (SSSR count). The van der Waals surface area contributed by atoms with Crippen LogP contribution in [0.2, 0.25) is 0 Å². The third kappa shape index (κ3) is 3.01. The predicted octanol–water partition coefficient (Wildman–Crippen LogP) is 2.39. The minimum Gasteiger partial charge on any atom is -0.339 e. The molecule has 1 aromatic carbocycles. The van der Waals surface area contributed by atoms with Gasteiger partial charge in [0.15, 0.2) is 0 Å². The van der Waals surface area contributed by atoms with Gasteiger partial charge in [-0.3, -0.25) is 4.79 Å². The minimum absolute atomic E-state index is 0.0146. The third-order valence-corrected chi connectivity index (χ3v) is 4.70. The highest BCUT2D eigenvalue weighted by molar-refractivity contribution is 5.96. The first kappa shape index (κ1) is 17.1. The molecule has 0 saturated heterocycles. The number of tetrazole rings is 1. The maximum absolute atomic E-state index is 13.2. The molecule has 0 fully saturated rings. The maximum atomic E-state index is 13.2. The quantitative estimate of drug-likeness (QED) is 0.904. The molecule has 2 aromatic rings. The number of likely N-dealkylation sites (N-methyl/N-ethyl adjacent to an activating group) is 1. The molecule has 1 amide bonds. The highest BCUT2D eigenvalue weighted by Gasteiger charge is 2.35. The van der Waals surface area contributed by atoms with Crippen molar-refractivity contribution in [2.24, 2.45) is 0 Å². The lowest BCUT2D eigenvalue weighted by atomic mass is 9.93. The second kappa shape index (κ2) is 7.04. The molecule has 0 radical (unpaired) electrons. The number of aromatic nitrogens is 4. The number of carbonyl (C=O) groups is 1. The molecule has 1 N–H and O–H groups in total. The Hall–Kier alpha value is -2.70. The van der Waals surface area contributed by atoms with Crippen molar-refractivity contribution in [2.75, 3.05) is 18.4 Å². The zero-order valence-corrected chi connectivity index (χ0v) is 15.2. The van der Waals surface area contributed by atoms with Crippen LogP contribution in [0.5, 0.6) is 0 Å². The van der Waals surface area contributed by atoms with E-state index in [1.54, 1.807) is 4.68 Å². The van der Waals surface area contributed by atoms with Crippen molar-refractivity contribution >= 4 is 11.9 Å². The third-order valence-electron chi connectivity index (χ3n) is 4.70. The molecule has 0 spiro atoms. The van der Waals surface area contributed by atoms with E-state index in [2.05, 4.69) is 52.0 Å². The number of nitrogens with zero attached hydrogens (tertiary/aromatic N) is 5. The SMILES string of the molecule is CCc1ccc([C@@H]2C(C(=O)N(CC)CC)=C(C)Nc3nnnn32)cc1. The van der Waals surface area contributed by atoms with E-state index in [1.165, 1.54) is 5.56 Å². The van der Waals surface area contributed by atoms with Gasteiger partial charge in [0.1, 0.15) is 6.04 Å². The van der Waals surface area contributed by atoms with Gasteiger partial charge in [-0.2, -0.15) is 4.68 Å². The summed E-state index contributed by atoms with van der Waals surface area (Å²) in [6.07, 6.45) is 0.975. The van der Waals surface area contributed by atoms with E-state index in [4.69, 9.17) is 0 Å². The Labute approximate surface area is 147 Å². The number of allylic oxidation sites excluding steroid dienone is 1. The highest BCUT2D eigenvalue weighted by Crippen LogP contribution is 2.35. The molecule has 132 valence electrons. The van der Waals surface area contributed by atoms with Gasteiger partial charge in [-0.15, -0.1) is 0 Å². The standard InChI is InChI=1S/C18H24N6O/c1-5-13-8-10-14(11-9-13)16-15(17(25)23(6-2)7-3)12(4)19-18-20-21-22-24(16)18/h8-11,16H,5-7H2,1-4H3,(H,19,20,22)/t16-/m1/s1. The van der Waals surface area contributed by atoms with Crippen LogP contribution in [0.25, 0.3) is 0 Å². The molecule has 1 aliphatic rings. The average molecular weight is 340 g/mol. The Morgan fingerprint density at radius 1 is 1.20 bits per heavy atom. The first-order valence-corrected chi connectivity index (χ1v) is 8.74. The van der Waals surface area contributed by atoms with E-state index in [9.17, 15) is 4.79 Å². The van der Waals surface area contributed by atoms with E-state index in [0.717, 1.165) is 17.7 Å². The van der Waals surface area contributed by atoms with E-state index in [0.29, 0.717) is 24.6 Å². The van der Waals surface area contributed by atoms with Gasteiger partial charge in [0, 0.05) is 18.8 Å². The normalized spacial score (nSPS) is 16.4. The van der Waals surface area contributed by atoms with Crippen LogP contribution in [-0.2, 0) is 11.2 Å². The summed E-state index contributed by atoms with van der Waals surface area (Å²) in [6.45, 7) is 9.33. The Morgan fingerprint density at radius 3 is 2.48 bits per heavy atom. The fourth-order valence-electron chi connectivity index (χ4n) is 3.21. The smallest absolute Gasteiger partial charge is 0.254 e. The van der Waals surface area contributed by atoms with Gasteiger partial charge in [0.25, 0.3) is 5.91 Å². The van der Waals surface area contributed by atoms with Gasteiger partial charge in [-0.05, 0) is 48.7 Å². The Kier molecular flexibility index (Phi) is 4.83. The number of hydrogen-bond acceptors (Lipinski definition) is 5. The number of hydrogen-bond donors (Lipinski definition) is 1. The van der Waals surface area contributed by atoms with Gasteiger partial charge in [-0.25, -0.2) is 0 Å². The van der Waals surface area contributed by atoms with Crippen molar-refractivity contribution in [2.45, 2.75) is 40.2 Å². The molecule has 2 heterocycles. The molecule has 7 nitrogen and oxygen atoms in total. The molecule has 0 unspecified atom stereocenters. The Morgan fingerprint density at radius 2 is 1.88 bits per heavy atom. The van der Waals surface area contributed by atoms with E-state index < -0.39 is 0 Å². The number of nitrogens with one attached hydrogen (secondary N) is 1. The fraction of sp³-hybridized carbons (Fsp3) is 0.444. The molecule has 0 bridgehead atoms. The van der Waals surface area contributed by atoms with Crippen LogP contribution < -0.4 is 5.32 Å².